The van der Waals surface area contributed by atoms with Gasteiger partial charge in [-0.2, -0.15) is 0 Å². The molecule has 2 aromatic carbocycles. The maximum Gasteiger partial charge on any atom is 0.284 e. The molecule has 0 atom stereocenters. The van der Waals surface area contributed by atoms with Gasteiger partial charge in [-0.3, -0.25) is 20.2 Å². The number of amides is 1. The van der Waals surface area contributed by atoms with Crippen LogP contribution in [0.5, 0.6) is 0 Å². The largest absolute Gasteiger partial charge is 0.310 e. The van der Waals surface area contributed by atoms with Crippen LogP contribution in [0.2, 0.25) is 0 Å². The molecule has 25 heavy (non-hydrogen) atoms. The Kier molecular flexibility index (Phi) is 4.80. The lowest BCUT2D eigenvalue weighted by Crippen LogP contribution is -2.16. The van der Waals surface area contributed by atoms with Crippen LogP contribution in [0.25, 0.3) is 11.0 Å². The number of rotatable bonds is 5. The molecule has 1 amide bonds. The molecule has 1 aromatic heterocycles. The minimum absolute atomic E-state index is 0.158. The van der Waals surface area contributed by atoms with Gasteiger partial charge in [0.15, 0.2) is 0 Å². The molecule has 0 fully saturated rings. The normalized spacial score (nSPS) is 10.8. The number of nitro groups is 1. The smallest absolute Gasteiger partial charge is 0.284 e. The van der Waals surface area contributed by atoms with E-state index in [1.165, 1.54) is 18.2 Å². The van der Waals surface area contributed by atoms with Crippen LogP contribution in [0.15, 0.2) is 46.9 Å². The number of hydrogen-bond donors (Lipinski definition) is 1. The number of carbonyl (C=O) groups excluding carboxylic acids is 1. The molecule has 7 nitrogen and oxygen atoms in total. The van der Waals surface area contributed by atoms with Gasteiger partial charge in [0, 0.05) is 18.2 Å². The topological polar surface area (TPSA) is 90.1 Å². The van der Waals surface area contributed by atoms with E-state index in [1.807, 2.05) is 35.8 Å². The van der Waals surface area contributed by atoms with Gasteiger partial charge in [-0.1, -0.05) is 19.1 Å². The molecule has 0 unspecified atom stereocenters. The average molecular weight is 403 g/mol. The van der Waals surface area contributed by atoms with Gasteiger partial charge in [0.1, 0.15) is 0 Å². The first kappa shape index (κ1) is 17.1. The third-order valence-corrected chi connectivity index (χ3v) is 4.40. The summed E-state index contributed by atoms with van der Waals surface area (Å²) in [5.41, 5.74) is 1.76. The molecule has 0 bridgehead atoms. The number of imidazole rings is 1. The number of carbonyl (C=O) groups is 1. The predicted molar refractivity (Wildman–Crippen MR) is 98.8 cm³/mol. The lowest BCUT2D eigenvalue weighted by Gasteiger charge is -2.09. The Hall–Kier alpha value is -2.74. The number of aromatic nitrogens is 2. The van der Waals surface area contributed by atoms with Crippen molar-refractivity contribution in [1.29, 1.82) is 0 Å². The zero-order valence-corrected chi connectivity index (χ0v) is 15.0. The predicted octanol–water partition coefficient (Wildman–Crippen LogP) is 4.37. The van der Waals surface area contributed by atoms with Crippen LogP contribution in [0.4, 0.5) is 11.6 Å². The van der Waals surface area contributed by atoms with Gasteiger partial charge in [-0.25, -0.2) is 4.98 Å². The molecule has 0 saturated carbocycles. The highest BCUT2D eigenvalue weighted by molar-refractivity contribution is 9.10. The number of anilines is 1. The highest BCUT2D eigenvalue weighted by Crippen LogP contribution is 2.26. The number of fused-ring (bicyclic) bond motifs is 1. The second-order valence-corrected chi connectivity index (χ2v) is 6.31. The fourth-order valence-corrected chi connectivity index (χ4v) is 2.98. The van der Waals surface area contributed by atoms with Crippen molar-refractivity contribution in [1.82, 2.24) is 9.55 Å². The maximum atomic E-state index is 12.5. The third-order valence-electron chi connectivity index (χ3n) is 3.73. The van der Waals surface area contributed by atoms with E-state index in [9.17, 15) is 14.9 Å². The second kappa shape index (κ2) is 7.02. The fourth-order valence-electron chi connectivity index (χ4n) is 2.59. The third kappa shape index (κ3) is 3.39. The number of nitrogens with zero attached hydrogens (tertiary/aromatic N) is 3. The summed E-state index contributed by atoms with van der Waals surface area (Å²) in [7, 11) is 0. The summed E-state index contributed by atoms with van der Waals surface area (Å²) in [6, 6.07) is 11.9. The van der Waals surface area contributed by atoms with Gasteiger partial charge in [0.25, 0.3) is 11.6 Å². The van der Waals surface area contributed by atoms with Crippen LogP contribution in [0.3, 0.4) is 0 Å². The van der Waals surface area contributed by atoms with Gasteiger partial charge in [-0.05, 0) is 46.6 Å². The summed E-state index contributed by atoms with van der Waals surface area (Å²) in [5.74, 6) is -0.0121. The molecule has 0 aliphatic heterocycles. The molecule has 3 aromatic rings. The van der Waals surface area contributed by atoms with Crippen molar-refractivity contribution >= 4 is 44.5 Å². The molecule has 128 valence electrons. The summed E-state index contributed by atoms with van der Waals surface area (Å²) in [4.78, 5) is 27.5. The number of para-hydroxylation sites is 2. The minimum Gasteiger partial charge on any atom is -0.310 e. The lowest BCUT2D eigenvalue weighted by molar-refractivity contribution is -0.385. The van der Waals surface area contributed by atoms with E-state index in [4.69, 9.17) is 0 Å². The lowest BCUT2D eigenvalue weighted by atomic mass is 10.2. The van der Waals surface area contributed by atoms with Crippen molar-refractivity contribution in [3.05, 3.63) is 62.6 Å². The molecule has 3 rings (SSSR count). The van der Waals surface area contributed by atoms with Crippen molar-refractivity contribution < 1.29 is 9.72 Å². The van der Waals surface area contributed by atoms with E-state index in [0.717, 1.165) is 17.5 Å². The molecule has 8 heteroatoms. The summed E-state index contributed by atoms with van der Waals surface area (Å²) < 4.78 is 2.26. The maximum absolute atomic E-state index is 12.5. The zero-order valence-electron chi connectivity index (χ0n) is 13.4. The first-order valence-corrected chi connectivity index (χ1v) is 8.51. The fraction of sp³-hybridized carbons (Fsp3) is 0.176. The van der Waals surface area contributed by atoms with Crippen molar-refractivity contribution in [3.8, 4) is 0 Å². The van der Waals surface area contributed by atoms with Gasteiger partial charge >= 0.3 is 0 Å². The first-order valence-electron chi connectivity index (χ1n) is 7.72. The summed E-state index contributed by atoms with van der Waals surface area (Å²) >= 11 is 3.11. The number of nitrogens with one attached hydrogen (secondary N) is 1. The van der Waals surface area contributed by atoms with Crippen molar-refractivity contribution in [2.24, 2.45) is 0 Å². The molecule has 1 N–H and O–H groups in total. The van der Waals surface area contributed by atoms with Crippen LogP contribution in [0.1, 0.15) is 23.7 Å². The molecule has 0 aliphatic carbocycles. The van der Waals surface area contributed by atoms with Crippen LogP contribution in [-0.2, 0) is 6.54 Å². The summed E-state index contributed by atoms with van der Waals surface area (Å²) in [5, 5.41) is 13.8. The molecule has 0 spiro atoms. The van der Waals surface area contributed by atoms with E-state index in [1.54, 1.807) is 0 Å². The minimum atomic E-state index is -0.535. The Morgan fingerprint density at radius 1 is 1.32 bits per heavy atom. The SMILES string of the molecule is CCCn1c(NC(=O)c2ccc(Br)c([N+](=O)[O-])c2)nc2ccccc21. The molecule has 1 heterocycles. The summed E-state index contributed by atoms with van der Waals surface area (Å²) in [6.45, 7) is 2.75. The molecular weight excluding hydrogens is 388 g/mol. The number of halogens is 1. The second-order valence-electron chi connectivity index (χ2n) is 5.45. The first-order chi connectivity index (χ1) is 12.0. The van der Waals surface area contributed by atoms with Gasteiger partial charge < -0.3 is 4.57 Å². The Morgan fingerprint density at radius 2 is 2.08 bits per heavy atom. The number of nitro benzene ring substituents is 1. The van der Waals surface area contributed by atoms with E-state index in [2.05, 4.69) is 26.2 Å². The molecule has 0 radical (unpaired) electrons. The number of aryl methyl sites for hydroxylation is 1. The highest BCUT2D eigenvalue weighted by Gasteiger charge is 2.18. The Balaban J connectivity index is 1.96. The van der Waals surface area contributed by atoms with Crippen LogP contribution >= 0.6 is 15.9 Å². The van der Waals surface area contributed by atoms with E-state index in [0.29, 0.717) is 17.0 Å². The average Bonchev–Trinajstić information content (AvgIpc) is 2.93. The monoisotopic (exact) mass is 402 g/mol. The van der Waals surface area contributed by atoms with Crippen molar-refractivity contribution in [3.63, 3.8) is 0 Å². The number of benzene rings is 2. The Morgan fingerprint density at radius 3 is 2.80 bits per heavy atom. The van der Waals surface area contributed by atoms with E-state index < -0.39 is 10.8 Å². The van der Waals surface area contributed by atoms with E-state index >= 15 is 0 Å². The zero-order chi connectivity index (χ0) is 18.0. The van der Waals surface area contributed by atoms with Gasteiger partial charge in [0.05, 0.1) is 20.4 Å². The summed E-state index contributed by atoms with van der Waals surface area (Å²) in [6.07, 6.45) is 0.882. The van der Waals surface area contributed by atoms with Gasteiger partial charge in [-0.15, -0.1) is 0 Å². The van der Waals surface area contributed by atoms with Crippen LogP contribution in [0, 0.1) is 10.1 Å². The van der Waals surface area contributed by atoms with Gasteiger partial charge in [0.2, 0.25) is 5.95 Å². The standard InChI is InChI=1S/C17H15BrN4O3/c1-2-9-21-14-6-4-3-5-13(14)19-17(21)20-16(23)11-7-8-12(18)15(10-11)22(24)25/h3-8,10H,2,9H2,1H3,(H,19,20,23). The number of hydrogen-bond acceptors (Lipinski definition) is 4. The van der Waals surface area contributed by atoms with E-state index in [-0.39, 0.29) is 11.3 Å². The van der Waals surface area contributed by atoms with Crippen molar-refractivity contribution in [2.75, 3.05) is 5.32 Å². The van der Waals surface area contributed by atoms with Crippen molar-refractivity contribution in [2.45, 2.75) is 19.9 Å². The van der Waals surface area contributed by atoms with Crippen LogP contribution in [-0.4, -0.2) is 20.4 Å². The Labute approximate surface area is 152 Å². The molecule has 0 saturated heterocycles. The molecular formula is C17H15BrN4O3. The Bertz CT molecular complexity index is 968. The quantitative estimate of drug-likeness (QED) is 0.506. The van der Waals surface area contributed by atoms with Crippen LogP contribution < -0.4 is 5.32 Å². The molecule has 0 aliphatic rings. The highest BCUT2D eigenvalue weighted by atomic mass is 79.9.